The summed E-state index contributed by atoms with van der Waals surface area (Å²) in [5, 5.41) is 6.90. The number of benzene rings is 1. The van der Waals surface area contributed by atoms with Crippen molar-refractivity contribution in [2.24, 2.45) is 4.99 Å². The summed E-state index contributed by atoms with van der Waals surface area (Å²) in [5.74, 6) is 1.91. The smallest absolute Gasteiger partial charge is 0.191 e. The molecule has 0 spiro atoms. The first-order valence-electron chi connectivity index (χ1n) is 10.3. The molecule has 0 amide bonds. The first-order chi connectivity index (χ1) is 13.6. The van der Waals surface area contributed by atoms with Crippen molar-refractivity contribution in [3.8, 4) is 0 Å². The molecule has 0 bridgehead atoms. The molecule has 150 valence electrons. The van der Waals surface area contributed by atoms with E-state index in [2.05, 4.69) is 81.8 Å². The lowest BCUT2D eigenvalue weighted by molar-refractivity contribution is 0.508. The average molecular weight is 380 g/mol. The number of piperidine rings is 1. The second-order valence-corrected chi connectivity index (χ2v) is 8.10. The minimum Gasteiger partial charge on any atom is -0.357 e. The van der Waals surface area contributed by atoms with E-state index in [1.165, 1.54) is 30.4 Å². The quantitative estimate of drug-likeness (QED) is 0.593. The summed E-state index contributed by atoms with van der Waals surface area (Å²) in [5.41, 5.74) is 2.57. The fourth-order valence-corrected chi connectivity index (χ4v) is 3.57. The van der Waals surface area contributed by atoms with E-state index in [9.17, 15) is 0 Å². The van der Waals surface area contributed by atoms with Crippen LogP contribution in [0.25, 0.3) is 0 Å². The molecular weight excluding hydrogens is 346 g/mol. The molecule has 5 nitrogen and oxygen atoms in total. The number of guanidine groups is 1. The zero-order chi connectivity index (χ0) is 19.8. The van der Waals surface area contributed by atoms with Crippen molar-refractivity contribution < 1.29 is 0 Å². The molecule has 5 heteroatoms. The summed E-state index contributed by atoms with van der Waals surface area (Å²) in [6.45, 7) is 8.26. The maximum absolute atomic E-state index is 4.56. The lowest BCUT2D eigenvalue weighted by Gasteiger charge is -2.28. The van der Waals surface area contributed by atoms with Crippen LogP contribution in [0.5, 0.6) is 0 Å². The Morgan fingerprint density at radius 1 is 1.07 bits per heavy atom. The maximum atomic E-state index is 4.56. The number of anilines is 1. The summed E-state index contributed by atoms with van der Waals surface area (Å²) in [6, 6.07) is 14.9. The molecule has 1 fully saturated rings. The highest BCUT2D eigenvalue weighted by atomic mass is 15.2. The highest BCUT2D eigenvalue weighted by Crippen LogP contribution is 2.21. The van der Waals surface area contributed by atoms with Crippen LogP contribution in [0.15, 0.2) is 53.7 Å². The average Bonchev–Trinajstić information content (AvgIpc) is 2.75. The van der Waals surface area contributed by atoms with E-state index in [0.29, 0.717) is 0 Å². The zero-order valence-corrected chi connectivity index (χ0v) is 17.4. The molecule has 1 aromatic heterocycles. The normalized spacial score (nSPS) is 15.4. The summed E-state index contributed by atoms with van der Waals surface area (Å²) in [6.07, 6.45) is 5.77. The number of nitrogens with zero attached hydrogens (tertiary/aromatic N) is 3. The van der Waals surface area contributed by atoms with Gasteiger partial charge >= 0.3 is 0 Å². The molecule has 0 radical (unpaired) electrons. The number of aliphatic imine (C=N–C) groups is 1. The third-order valence-electron chi connectivity index (χ3n) is 5.43. The molecule has 0 saturated carbocycles. The van der Waals surface area contributed by atoms with Gasteiger partial charge in [0.05, 0.1) is 0 Å². The van der Waals surface area contributed by atoms with E-state index < -0.39 is 0 Å². The van der Waals surface area contributed by atoms with Crippen molar-refractivity contribution in [2.75, 3.05) is 31.6 Å². The van der Waals surface area contributed by atoms with Gasteiger partial charge in [-0.2, -0.15) is 0 Å². The first kappa shape index (κ1) is 20.2. The number of hydrogen-bond donors (Lipinski definition) is 2. The topological polar surface area (TPSA) is 52.6 Å². The van der Waals surface area contributed by atoms with Crippen molar-refractivity contribution >= 4 is 11.8 Å². The van der Waals surface area contributed by atoms with Crippen molar-refractivity contribution in [1.82, 2.24) is 15.6 Å². The molecule has 0 atom stereocenters. The Hall–Kier alpha value is -2.56. The molecule has 0 unspecified atom stereocenters. The van der Waals surface area contributed by atoms with E-state index in [-0.39, 0.29) is 5.41 Å². The molecule has 2 heterocycles. The Morgan fingerprint density at radius 2 is 1.82 bits per heavy atom. The van der Waals surface area contributed by atoms with Crippen molar-refractivity contribution in [3.63, 3.8) is 0 Å². The molecule has 2 aromatic rings. The van der Waals surface area contributed by atoms with Gasteiger partial charge in [-0.25, -0.2) is 4.98 Å². The summed E-state index contributed by atoms with van der Waals surface area (Å²) < 4.78 is 0. The van der Waals surface area contributed by atoms with Gasteiger partial charge in [0, 0.05) is 44.8 Å². The molecule has 1 aromatic carbocycles. The SMILES string of the molecule is CN=C(NCc1ccnc(N2CCCCC2)c1)NCC(C)(C)c1ccccc1. The first-order valence-corrected chi connectivity index (χ1v) is 10.3. The number of pyridine rings is 1. The molecule has 2 N–H and O–H groups in total. The highest BCUT2D eigenvalue weighted by Gasteiger charge is 2.20. The van der Waals surface area contributed by atoms with Crippen LogP contribution in [0, 0.1) is 0 Å². The number of hydrogen-bond acceptors (Lipinski definition) is 3. The molecule has 1 aliphatic rings. The van der Waals surface area contributed by atoms with Crippen LogP contribution in [0.1, 0.15) is 44.2 Å². The van der Waals surface area contributed by atoms with E-state index in [1.807, 2.05) is 13.2 Å². The van der Waals surface area contributed by atoms with Gasteiger partial charge in [0.25, 0.3) is 0 Å². The Balaban J connectivity index is 1.54. The van der Waals surface area contributed by atoms with Gasteiger partial charge < -0.3 is 15.5 Å². The second-order valence-electron chi connectivity index (χ2n) is 8.10. The minimum absolute atomic E-state index is 0.0248. The standard InChI is InChI=1S/C23H33N5/c1-23(2,20-10-6-4-7-11-20)18-27-22(24-3)26-17-19-12-13-25-21(16-19)28-14-8-5-9-15-28/h4,6-7,10-13,16H,5,8-9,14-15,17-18H2,1-3H3,(H2,24,26,27). The molecule has 3 rings (SSSR count). The highest BCUT2D eigenvalue weighted by molar-refractivity contribution is 5.79. The summed E-state index contributed by atoms with van der Waals surface area (Å²) >= 11 is 0. The maximum Gasteiger partial charge on any atom is 0.191 e. The number of aromatic nitrogens is 1. The number of nitrogens with one attached hydrogen (secondary N) is 2. The van der Waals surface area contributed by atoms with Crippen molar-refractivity contribution in [2.45, 2.75) is 45.1 Å². The van der Waals surface area contributed by atoms with Gasteiger partial charge in [-0.3, -0.25) is 4.99 Å². The van der Waals surface area contributed by atoms with Crippen LogP contribution < -0.4 is 15.5 Å². The van der Waals surface area contributed by atoms with E-state index in [0.717, 1.165) is 38.0 Å². The van der Waals surface area contributed by atoms with E-state index >= 15 is 0 Å². The molecular formula is C23H33N5. The Bertz CT molecular complexity index is 764. The van der Waals surface area contributed by atoms with Crippen LogP contribution in [0.4, 0.5) is 5.82 Å². The van der Waals surface area contributed by atoms with Crippen LogP contribution in [0.3, 0.4) is 0 Å². The summed E-state index contributed by atoms with van der Waals surface area (Å²) in [7, 11) is 1.82. The van der Waals surface area contributed by atoms with Crippen molar-refractivity contribution in [3.05, 3.63) is 59.8 Å². The monoisotopic (exact) mass is 379 g/mol. The lowest BCUT2D eigenvalue weighted by atomic mass is 9.85. The number of rotatable bonds is 6. The van der Waals surface area contributed by atoms with Gasteiger partial charge in [0.1, 0.15) is 5.82 Å². The van der Waals surface area contributed by atoms with Crippen LogP contribution >= 0.6 is 0 Å². The van der Waals surface area contributed by atoms with Crippen LogP contribution in [-0.4, -0.2) is 37.6 Å². The van der Waals surface area contributed by atoms with Crippen molar-refractivity contribution in [1.29, 1.82) is 0 Å². The third-order valence-corrected chi connectivity index (χ3v) is 5.43. The van der Waals surface area contributed by atoms with Gasteiger partial charge in [0.15, 0.2) is 5.96 Å². The van der Waals surface area contributed by atoms with Gasteiger partial charge in [-0.1, -0.05) is 44.2 Å². The second kappa shape index (κ2) is 9.58. The molecule has 0 aliphatic carbocycles. The Labute approximate surface area is 169 Å². The predicted octanol–water partition coefficient (Wildman–Crippen LogP) is 3.71. The third kappa shape index (κ3) is 5.47. The van der Waals surface area contributed by atoms with Crippen LogP contribution in [-0.2, 0) is 12.0 Å². The van der Waals surface area contributed by atoms with E-state index in [4.69, 9.17) is 0 Å². The fourth-order valence-electron chi connectivity index (χ4n) is 3.57. The summed E-state index contributed by atoms with van der Waals surface area (Å²) in [4.78, 5) is 11.3. The van der Waals surface area contributed by atoms with Gasteiger partial charge in [-0.15, -0.1) is 0 Å². The van der Waals surface area contributed by atoms with Gasteiger partial charge in [-0.05, 0) is 42.5 Å². The molecule has 1 saturated heterocycles. The van der Waals surface area contributed by atoms with Gasteiger partial charge in [0.2, 0.25) is 0 Å². The minimum atomic E-state index is 0.0248. The Kier molecular flexibility index (Phi) is 6.90. The zero-order valence-electron chi connectivity index (χ0n) is 17.4. The molecule has 28 heavy (non-hydrogen) atoms. The fraction of sp³-hybridized carbons (Fsp3) is 0.478. The predicted molar refractivity (Wildman–Crippen MR) is 118 cm³/mol. The van der Waals surface area contributed by atoms with E-state index in [1.54, 1.807) is 0 Å². The largest absolute Gasteiger partial charge is 0.357 e. The lowest BCUT2D eigenvalue weighted by Crippen LogP contribution is -2.43. The molecule has 1 aliphatic heterocycles. The Morgan fingerprint density at radius 3 is 2.54 bits per heavy atom. The van der Waals surface area contributed by atoms with Crippen LogP contribution in [0.2, 0.25) is 0 Å².